The molecule has 0 radical (unpaired) electrons. The van der Waals surface area contributed by atoms with Crippen LogP contribution in [0.1, 0.15) is 17.3 Å². The Bertz CT molecular complexity index is 412. The first-order valence-corrected chi connectivity index (χ1v) is 4.35. The summed E-state index contributed by atoms with van der Waals surface area (Å²) in [6.07, 6.45) is 0. The number of carbonyl (C=O) groups excluding carboxylic acids is 1. The molecule has 4 heteroatoms. The number of hydrogen-bond donors (Lipinski definition) is 1. The van der Waals surface area contributed by atoms with Crippen LogP contribution in [0.2, 0.25) is 0 Å². The fraction of sp³-hybridized carbons (Fsp3) is 0.111. The molecule has 1 aromatic carbocycles. The highest BCUT2D eigenvalue weighted by atomic mass is 79.9. The molecule has 0 amide bonds. The summed E-state index contributed by atoms with van der Waals surface area (Å²) in [6, 6.07) is 4.06. The molecule has 0 saturated carbocycles. The molecule has 1 rings (SSSR count). The third kappa shape index (κ3) is 2.15. The second-order valence-corrected chi connectivity index (χ2v) is 3.40. The van der Waals surface area contributed by atoms with E-state index in [0.29, 0.717) is 0 Å². The predicted molar refractivity (Wildman–Crippen MR) is 52.1 cm³/mol. The van der Waals surface area contributed by atoms with Gasteiger partial charge in [0.05, 0.1) is 4.47 Å². The van der Waals surface area contributed by atoms with Gasteiger partial charge in [0.25, 0.3) is 0 Å². The SMILES string of the molecule is CC(=O)c1ccc(Br)c(O)c(=O)c1. The number of rotatable bonds is 1. The van der Waals surface area contributed by atoms with Gasteiger partial charge in [-0.15, -0.1) is 0 Å². The van der Waals surface area contributed by atoms with E-state index in [9.17, 15) is 14.7 Å². The Balaban J connectivity index is 3.53. The topological polar surface area (TPSA) is 54.4 Å². The molecule has 0 heterocycles. The van der Waals surface area contributed by atoms with E-state index in [0.717, 1.165) is 6.07 Å². The highest BCUT2D eigenvalue weighted by Gasteiger charge is 2.04. The minimum atomic E-state index is -0.568. The lowest BCUT2D eigenvalue weighted by Crippen LogP contribution is -1.98. The zero-order valence-corrected chi connectivity index (χ0v) is 8.46. The number of ketones is 1. The lowest BCUT2D eigenvalue weighted by Gasteiger charge is -1.84. The molecule has 3 nitrogen and oxygen atoms in total. The minimum absolute atomic E-state index is 0.209. The number of carbonyl (C=O) groups is 1. The van der Waals surface area contributed by atoms with Crippen LogP contribution in [0, 0.1) is 0 Å². The Morgan fingerprint density at radius 2 is 2.08 bits per heavy atom. The molecule has 68 valence electrons. The highest BCUT2D eigenvalue weighted by molar-refractivity contribution is 9.10. The van der Waals surface area contributed by atoms with Gasteiger partial charge in [0.15, 0.2) is 11.5 Å². The first-order valence-electron chi connectivity index (χ1n) is 3.56. The first-order chi connectivity index (χ1) is 6.02. The summed E-state index contributed by atoms with van der Waals surface area (Å²) < 4.78 is 0.282. The molecule has 0 aliphatic carbocycles. The molecule has 0 aromatic heterocycles. The van der Waals surface area contributed by atoms with Crippen molar-refractivity contribution in [2.24, 2.45) is 0 Å². The van der Waals surface area contributed by atoms with Crippen LogP contribution in [0.4, 0.5) is 0 Å². The van der Waals surface area contributed by atoms with Crippen molar-refractivity contribution in [2.75, 3.05) is 0 Å². The van der Waals surface area contributed by atoms with Crippen LogP contribution >= 0.6 is 15.9 Å². The molecule has 0 unspecified atom stereocenters. The fourth-order valence-corrected chi connectivity index (χ4v) is 1.16. The standard InChI is InChI=1S/C9H7BrO3/c1-5(11)6-2-3-7(10)9(13)8(12)4-6/h2-4H,1H3,(H,12,13). The van der Waals surface area contributed by atoms with Crippen LogP contribution in [0.25, 0.3) is 0 Å². The Kier molecular flexibility index (Phi) is 2.83. The van der Waals surface area contributed by atoms with Crippen LogP contribution < -0.4 is 5.43 Å². The van der Waals surface area contributed by atoms with Gasteiger partial charge < -0.3 is 5.11 Å². The van der Waals surface area contributed by atoms with Gasteiger partial charge in [-0.3, -0.25) is 9.59 Å². The maximum absolute atomic E-state index is 11.1. The summed E-state index contributed by atoms with van der Waals surface area (Å²) in [4.78, 5) is 22.1. The Morgan fingerprint density at radius 1 is 1.46 bits per heavy atom. The van der Waals surface area contributed by atoms with Gasteiger partial charge in [-0.25, -0.2) is 0 Å². The molecule has 1 aromatic rings. The summed E-state index contributed by atoms with van der Waals surface area (Å²) in [5.41, 5.74) is -0.284. The van der Waals surface area contributed by atoms with Crippen LogP contribution in [-0.4, -0.2) is 10.9 Å². The first kappa shape index (κ1) is 9.92. The molecule has 0 bridgehead atoms. The molecular weight excluding hydrogens is 236 g/mol. The monoisotopic (exact) mass is 242 g/mol. The predicted octanol–water partition coefficient (Wildman–Crippen LogP) is 1.72. The van der Waals surface area contributed by atoms with Crippen molar-refractivity contribution in [3.8, 4) is 5.75 Å². The van der Waals surface area contributed by atoms with E-state index in [1.807, 2.05) is 0 Å². The quantitative estimate of drug-likeness (QED) is 0.764. The smallest absolute Gasteiger partial charge is 0.222 e. The van der Waals surface area contributed by atoms with E-state index in [1.54, 1.807) is 0 Å². The summed E-state index contributed by atoms with van der Waals surface area (Å²) in [6.45, 7) is 1.36. The van der Waals surface area contributed by atoms with E-state index >= 15 is 0 Å². The summed E-state index contributed by atoms with van der Waals surface area (Å²) >= 11 is 3.00. The van der Waals surface area contributed by atoms with Crippen molar-refractivity contribution in [1.29, 1.82) is 0 Å². The molecule has 13 heavy (non-hydrogen) atoms. The van der Waals surface area contributed by atoms with Gasteiger partial charge in [0.1, 0.15) is 0 Å². The molecule has 0 aliphatic heterocycles. The van der Waals surface area contributed by atoms with Gasteiger partial charge in [-0.1, -0.05) is 6.07 Å². The average Bonchev–Trinajstić information content (AvgIpc) is 2.19. The third-order valence-electron chi connectivity index (χ3n) is 1.56. The molecule has 0 atom stereocenters. The van der Waals surface area contributed by atoms with E-state index in [-0.39, 0.29) is 21.6 Å². The maximum atomic E-state index is 11.1. The second-order valence-electron chi connectivity index (χ2n) is 2.55. The normalized spacial score (nSPS) is 9.69. The van der Waals surface area contributed by atoms with Gasteiger partial charge in [0.2, 0.25) is 5.43 Å². The van der Waals surface area contributed by atoms with Crippen LogP contribution in [0.5, 0.6) is 5.75 Å². The lowest BCUT2D eigenvalue weighted by atomic mass is 10.2. The highest BCUT2D eigenvalue weighted by Crippen LogP contribution is 2.17. The molecule has 0 saturated heterocycles. The zero-order valence-electron chi connectivity index (χ0n) is 6.87. The Hall–Kier alpha value is -1.16. The number of Topliss-reactive ketones (excluding diaryl/α,β-unsaturated/α-hetero) is 1. The largest absolute Gasteiger partial charge is 0.503 e. The van der Waals surface area contributed by atoms with Crippen LogP contribution in [-0.2, 0) is 0 Å². The number of aromatic hydroxyl groups is 1. The second kappa shape index (κ2) is 3.70. The lowest BCUT2D eigenvalue weighted by molar-refractivity contribution is 0.101. The van der Waals surface area contributed by atoms with Crippen molar-refractivity contribution in [3.63, 3.8) is 0 Å². The van der Waals surface area contributed by atoms with Crippen molar-refractivity contribution >= 4 is 21.7 Å². The van der Waals surface area contributed by atoms with Crippen LogP contribution in [0.15, 0.2) is 27.5 Å². The Labute approximate surface area is 83.2 Å². The minimum Gasteiger partial charge on any atom is -0.503 e. The summed E-state index contributed by atoms with van der Waals surface area (Å²) in [5.74, 6) is -0.591. The fourth-order valence-electron chi connectivity index (χ4n) is 0.836. The maximum Gasteiger partial charge on any atom is 0.222 e. The van der Waals surface area contributed by atoms with E-state index in [1.165, 1.54) is 19.1 Å². The van der Waals surface area contributed by atoms with E-state index in [4.69, 9.17) is 0 Å². The van der Waals surface area contributed by atoms with Gasteiger partial charge in [0, 0.05) is 11.6 Å². The molecular formula is C9H7BrO3. The summed E-state index contributed by atoms with van der Waals surface area (Å²) in [5, 5.41) is 9.20. The van der Waals surface area contributed by atoms with Gasteiger partial charge in [-0.2, -0.15) is 0 Å². The molecule has 0 aliphatic rings. The van der Waals surface area contributed by atoms with Crippen molar-refractivity contribution in [1.82, 2.24) is 0 Å². The van der Waals surface area contributed by atoms with Crippen LogP contribution in [0.3, 0.4) is 0 Å². The number of halogens is 1. The summed E-state index contributed by atoms with van der Waals surface area (Å²) in [7, 11) is 0. The van der Waals surface area contributed by atoms with E-state index < -0.39 is 5.43 Å². The average molecular weight is 243 g/mol. The Morgan fingerprint density at radius 3 is 2.62 bits per heavy atom. The van der Waals surface area contributed by atoms with Gasteiger partial charge >= 0.3 is 0 Å². The van der Waals surface area contributed by atoms with Gasteiger partial charge in [-0.05, 0) is 28.9 Å². The third-order valence-corrected chi connectivity index (χ3v) is 2.20. The van der Waals surface area contributed by atoms with Crippen molar-refractivity contribution < 1.29 is 9.90 Å². The number of hydrogen-bond acceptors (Lipinski definition) is 3. The molecule has 0 fully saturated rings. The van der Waals surface area contributed by atoms with E-state index in [2.05, 4.69) is 15.9 Å². The van der Waals surface area contributed by atoms with Crippen molar-refractivity contribution in [3.05, 3.63) is 38.5 Å². The molecule has 1 N–H and O–H groups in total. The van der Waals surface area contributed by atoms with Crippen molar-refractivity contribution in [2.45, 2.75) is 6.92 Å². The molecule has 0 spiro atoms. The zero-order chi connectivity index (χ0) is 10.0.